The molecule has 0 bridgehead atoms. The molecular formula is C28H34FN5O4. The molecule has 0 saturated heterocycles. The van der Waals surface area contributed by atoms with E-state index in [9.17, 15) is 18.8 Å². The van der Waals surface area contributed by atoms with Crippen LogP contribution in [0.1, 0.15) is 76.4 Å². The van der Waals surface area contributed by atoms with Gasteiger partial charge >= 0.3 is 5.97 Å². The second-order valence-electron chi connectivity index (χ2n) is 11.5. The third-order valence-corrected chi connectivity index (χ3v) is 7.10. The van der Waals surface area contributed by atoms with Crippen molar-refractivity contribution in [3.8, 4) is 0 Å². The molecule has 0 aliphatic heterocycles. The molecule has 4 rings (SSSR count). The van der Waals surface area contributed by atoms with Gasteiger partial charge in [0.05, 0.1) is 11.6 Å². The van der Waals surface area contributed by atoms with E-state index in [0.717, 1.165) is 5.56 Å². The molecule has 2 amide bonds. The highest BCUT2D eigenvalue weighted by atomic mass is 19.1. The number of nitrogens with zero attached hydrogens (tertiary/aromatic N) is 3. The van der Waals surface area contributed by atoms with Crippen LogP contribution < -0.4 is 10.6 Å². The summed E-state index contributed by atoms with van der Waals surface area (Å²) in [5.74, 6) is -0.931. The van der Waals surface area contributed by atoms with Crippen LogP contribution in [0.4, 0.5) is 10.2 Å². The molecule has 1 fully saturated rings. The maximum Gasteiger partial charge on any atom is 0.312 e. The van der Waals surface area contributed by atoms with Crippen molar-refractivity contribution in [2.24, 2.45) is 10.8 Å². The Kier molecular flexibility index (Phi) is 7.27. The number of hydrogen-bond donors (Lipinski definition) is 2. The van der Waals surface area contributed by atoms with Crippen molar-refractivity contribution in [1.29, 1.82) is 0 Å². The summed E-state index contributed by atoms with van der Waals surface area (Å²) >= 11 is 0. The van der Waals surface area contributed by atoms with Crippen molar-refractivity contribution < 1.29 is 23.5 Å². The van der Waals surface area contributed by atoms with Crippen molar-refractivity contribution in [2.75, 3.05) is 5.32 Å². The largest absolute Gasteiger partial charge is 0.460 e. The first kappa shape index (κ1) is 27.2. The highest BCUT2D eigenvalue weighted by Gasteiger charge is 2.47. The number of ether oxygens (including phenoxy) is 1. The number of rotatable bonds is 6. The Balaban J connectivity index is 1.46. The molecule has 1 aliphatic rings. The molecule has 3 aromatic rings. The Hall–Kier alpha value is -3.82. The predicted molar refractivity (Wildman–Crippen MR) is 140 cm³/mol. The van der Waals surface area contributed by atoms with Crippen LogP contribution in [-0.4, -0.2) is 38.0 Å². The molecule has 2 aromatic heterocycles. The molecule has 10 heteroatoms. The third-order valence-electron chi connectivity index (χ3n) is 7.10. The van der Waals surface area contributed by atoms with E-state index in [1.54, 1.807) is 18.2 Å². The summed E-state index contributed by atoms with van der Waals surface area (Å²) in [6, 6.07) is 8.96. The van der Waals surface area contributed by atoms with Crippen LogP contribution in [-0.2, 0) is 20.9 Å². The van der Waals surface area contributed by atoms with Crippen LogP contribution >= 0.6 is 0 Å². The summed E-state index contributed by atoms with van der Waals surface area (Å²) in [6.07, 6.45) is 3.60. The zero-order valence-electron chi connectivity index (χ0n) is 22.4. The number of benzene rings is 1. The van der Waals surface area contributed by atoms with Crippen LogP contribution in [0.25, 0.3) is 5.65 Å². The fraction of sp³-hybridized carbons (Fsp3) is 0.464. The monoisotopic (exact) mass is 523 g/mol. The summed E-state index contributed by atoms with van der Waals surface area (Å²) in [5.41, 5.74) is -0.674. The van der Waals surface area contributed by atoms with E-state index >= 15 is 0 Å². The zero-order valence-corrected chi connectivity index (χ0v) is 22.4. The number of carbonyl (C=O) groups is 3. The van der Waals surface area contributed by atoms with Crippen LogP contribution in [0, 0.1) is 16.6 Å². The van der Waals surface area contributed by atoms with Gasteiger partial charge in [-0.05, 0) is 71.1 Å². The molecule has 0 unspecified atom stereocenters. The normalized spacial score (nSPS) is 21.6. The number of esters is 1. The van der Waals surface area contributed by atoms with Crippen molar-refractivity contribution in [3.05, 3.63) is 59.7 Å². The third kappa shape index (κ3) is 6.00. The number of halogens is 1. The highest BCUT2D eigenvalue weighted by molar-refractivity contribution is 5.97. The molecule has 1 aliphatic carbocycles. The topological polar surface area (TPSA) is 115 Å². The molecule has 2 N–H and O–H groups in total. The maximum absolute atomic E-state index is 13.5. The van der Waals surface area contributed by atoms with Crippen LogP contribution in [0.15, 0.2) is 42.6 Å². The van der Waals surface area contributed by atoms with E-state index in [-0.39, 0.29) is 29.9 Å². The maximum atomic E-state index is 13.5. The highest BCUT2D eigenvalue weighted by Crippen LogP contribution is 2.46. The Morgan fingerprint density at radius 2 is 1.66 bits per heavy atom. The molecule has 9 nitrogen and oxygen atoms in total. The number of aromatic nitrogens is 3. The van der Waals surface area contributed by atoms with E-state index < -0.39 is 22.3 Å². The fourth-order valence-corrected chi connectivity index (χ4v) is 4.45. The lowest BCUT2D eigenvalue weighted by Crippen LogP contribution is -2.44. The molecule has 1 aromatic carbocycles. The summed E-state index contributed by atoms with van der Waals surface area (Å²) in [4.78, 5) is 43.5. The predicted octanol–water partition coefficient (Wildman–Crippen LogP) is 4.67. The molecular weight excluding hydrogens is 489 g/mol. The first-order valence-electron chi connectivity index (χ1n) is 12.7. The lowest BCUT2D eigenvalue weighted by atomic mass is 9.64. The number of carbonyl (C=O) groups excluding carboxylic acids is 3. The van der Waals surface area contributed by atoms with Crippen molar-refractivity contribution in [1.82, 2.24) is 19.9 Å². The van der Waals surface area contributed by atoms with E-state index in [1.807, 2.05) is 34.6 Å². The van der Waals surface area contributed by atoms with Crippen LogP contribution in [0.3, 0.4) is 0 Å². The molecule has 0 atom stereocenters. The summed E-state index contributed by atoms with van der Waals surface area (Å²) < 4.78 is 20.2. The standard InChI is InChI=1S/C28H34FN5O4/c1-26(2,3)38-25(37)28(5)13-11-27(4,12-14-28)24(36)33-22-16-20(32-21-10-15-31-34(21)22)23(35)30-17-18-6-8-19(29)9-7-18/h6-10,15-16H,11-14,17H2,1-5H3,(H,30,35)(H,33,36). The fourth-order valence-electron chi connectivity index (χ4n) is 4.45. The van der Waals surface area contributed by atoms with Crippen molar-refractivity contribution in [3.63, 3.8) is 0 Å². The number of hydrogen-bond acceptors (Lipinski definition) is 6. The number of amides is 2. The number of anilines is 1. The molecule has 38 heavy (non-hydrogen) atoms. The molecule has 202 valence electrons. The minimum absolute atomic E-state index is 0.113. The smallest absolute Gasteiger partial charge is 0.312 e. The van der Waals surface area contributed by atoms with Gasteiger partial charge in [0.1, 0.15) is 22.9 Å². The van der Waals surface area contributed by atoms with Gasteiger partial charge in [-0.25, -0.2) is 9.37 Å². The first-order chi connectivity index (χ1) is 17.8. The molecule has 0 spiro atoms. The van der Waals surface area contributed by atoms with E-state index in [2.05, 4.69) is 20.7 Å². The minimum atomic E-state index is -0.713. The summed E-state index contributed by atoms with van der Waals surface area (Å²) in [7, 11) is 0. The molecule has 2 heterocycles. The van der Waals surface area contributed by atoms with Gasteiger partial charge in [-0.2, -0.15) is 9.61 Å². The van der Waals surface area contributed by atoms with Gasteiger partial charge < -0.3 is 15.4 Å². The van der Waals surface area contributed by atoms with Gasteiger partial charge in [-0.1, -0.05) is 19.1 Å². The lowest BCUT2D eigenvalue weighted by molar-refractivity contribution is -0.170. The number of nitrogens with one attached hydrogen (secondary N) is 2. The quantitative estimate of drug-likeness (QED) is 0.454. The van der Waals surface area contributed by atoms with Crippen molar-refractivity contribution in [2.45, 2.75) is 72.4 Å². The Morgan fingerprint density at radius 3 is 2.29 bits per heavy atom. The average molecular weight is 524 g/mol. The van der Waals surface area contributed by atoms with Gasteiger partial charge in [0.25, 0.3) is 5.91 Å². The zero-order chi connectivity index (χ0) is 27.7. The Labute approximate surface area is 221 Å². The van der Waals surface area contributed by atoms with Gasteiger partial charge in [-0.3, -0.25) is 14.4 Å². The first-order valence-corrected chi connectivity index (χ1v) is 12.7. The van der Waals surface area contributed by atoms with Crippen molar-refractivity contribution >= 4 is 29.2 Å². The van der Waals surface area contributed by atoms with E-state index in [4.69, 9.17) is 4.74 Å². The van der Waals surface area contributed by atoms with Gasteiger partial charge in [0, 0.05) is 24.1 Å². The Bertz CT molecular complexity index is 1350. The summed E-state index contributed by atoms with van der Waals surface area (Å²) in [5, 5.41) is 9.94. The Morgan fingerprint density at radius 1 is 1.03 bits per heavy atom. The number of fused-ring (bicyclic) bond motifs is 1. The van der Waals surface area contributed by atoms with Crippen LogP contribution in [0.2, 0.25) is 0 Å². The average Bonchev–Trinajstić information content (AvgIpc) is 3.33. The van der Waals surface area contributed by atoms with Crippen LogP contribution in [0.5, 0.6) is 0 Å². The van der Waals surface area contributed by atoms with Gasteiger partial charge in [0.15, 0.2) is 5.65 Å². The second-order valence-corrected chi connectivity index (χ2v) is 11.5. The van der Waals surface area contributed by atoms with E-state index in [1.165, 1.54) is 28.9 Å². The minimum Gasteiger partial charge on any atom is -0.460 e. The molecule has 1 saturated carbocycles. The summed E-state index contributed by atoms with van der Waals surface area (Å²) in [6.45, 7) is 9.51. The SMILES string of the molecule is CC(C)(C)OC(=O)C1(C)CCC(C)(C(=O)Nc2cc(C(=O)NCc3ccc(F)cc3)nc3ccnn23)CC1. The van der Waals surface area contributed by atoms with E-state index in [0.29, 0.717) is 37.1 Å². The molecule has 0 radical (unpaired) electrons. The lowest BCUT2D eigenvalue weighted by Gasteiger charge is -2.41. The van der Waals surface area contributed by atoms with Gasteiger partial charge in [-0.15, -0.1) is 0 Å². The second kappa shape index (κ2) is 10.2. The van der Waals surface area contributed by atoms with Gasteiger partial charge in [0.2, 0.25) is 5.91 Å².